The van der Waals surface area contributed by atoms with Crippen molar-refractivity contribution < 1.29 is 9.53 Å². The number of nitrogens with one attached hydrogen (secondary N) is 1. The van der Waals surface area contributed by atoms with Crippen LogP contribution in [0.4, 0.5) is 5.69 Å². The molecule has 27 heavy (non-hydrogen) atoms. The lowest BCUT2D eigenvalue weighted by atomic mass is 9.84. The van der Waals surface area contributed by atoms with Gasteiger partial charge >= 0.3 is 5.97 Å². The molecule has 1 aromatic rings. The Morgan fingerprint density at radius 3 is 2.67 bits per heavy atom. The molecule has 1 unspecified atom stereocenters. The monoisotopic (exact) mass is 367 g/mol. The topological polar surface area (TPSA) is 65.4 Å². The van der Waals surface area contributed by atoms with E-state index in [1.165, 1.54) is 37.8 Å². The summed E-state index contributed by atoms with van der Waals surface area (Å²) in [5, 5.41) is 12.7. The van der Waals surface area contributed by atoms with E-state index >= 15 is 0 Å². The Morgan fingerprint density at radius 1 is 1.26 bits per heavy atom. The summed E-state index contributed by atoms with van der Waals surface area (Å²) in [4.78, 5) is 14.4. The molecule has 0 spiro atoms. The molecule has 0 aliphatic carbocycles. The molecule has 0 aromatic heterocycles. The molecule has 1 N–H and O–H groups in total. The Balaban J connectivity index is 1.75. The van der Waals surface area contributed by atoms with Crippen molar-refractivity contribution in [2.45, 2.75) is 45.1 Å². The van der Waals surface area contributed by atoms with Crippen LogP contribution < -0.4 is 10.2 Å². The van der Waals surface area contributed by atoms with E-state index in [0.29, 0.717) is 6.04 Å². The van der Waals surface area contributed by atoms with Gasteiger partial charge in [-0.2, -0.15) is 5.26 Å². The van der Waals surface area contributed by atoms with Gasteiger partial charge in [-0.3, -0.25) is 0 Å². The van der Waals surface area contributed by atoms with Crippen molar-refractivity contribution in [3.05, 3.63) is 35.4 Å². The van der Waals surface area contributed by atoms with E-state index in [9.17, 15) is 10.1 Å². The first-order valence-corrected chi connectivity index (χ1v) is 10.1. The lowest BCUT2D eigenvalue weighted by molar-refractivity contribution is -0.137. The fourth-order valence-electron chi connectivity index (χ4n) is 4.27. The summed E-state index contributed by atoms with van der Waals surface area (Å²) in [6.45, 7) is 5.37. The van der Waals surface area contributed by atoms with Gasteiger partial charge in [-0.15, -0.1) is 0 Å². The van der Waals surface area contributed by atoms with E-state index in [1.807, 2.05) is 18.2 Å². The zero-order valence-corrected chi connectivity index (χ0v) is 16.1. The molecule has 5 heteroatoms. The van der Waals surface area contributed by atoms with Crippen molar-refractivity contribution >= 4 is 17.7 Å². The molecule has 2 aliphatic heterocycles. The molecule has 2 saturated heterocycles. The average Bonchev–Trinajstić information content (AvgIpc) is 2.73. The summed E-state index contributed by atoms with van der Waals surface area (Å²) >= 11 is 0. The van der Waals surface area contributed by atoms with Crippen LogP contribution in [0.15, 0.2) is 29.8 Å². The van der Waals surface area contributed by atoms with E-state index < -0.39 is 5.97 Å². The normalized spacial score (nSPS) is 21.6. The molecule has 5 nitrogen and oxygen atoms in total. The average molecular weight is 367 g/mol. The molecule has 0 amide bonds. The van der Waals surface area contributed by atoms with Gasteiger partial charge in [0.25, 0.3) is 0 Å². The maximum atomic E-state index is 11.8. The Morgan fingerprint density at radius 2 is 2.00 bits per heavy atom. The molecule has 1 atom stereocenters. The summed E-state index contributed by atoms with van der Waals surface area (Å²) in [7, 11) is 0. The zero-order valence-electron chi connectivity index (χ0n) is 16.1. The number of hydrogen-bond donors (Lipinski definition) is 1. The minimum atomic E-state index is -0.564. The number of ether oxygens (including phenoxy) is 1. The van der Waals surface area contributed by atoms with Gasteiger partial charge in [0, 0.05) is 18.3 Å². The number of nitrogens with zero attached hydrogens (tertiary/aromatic N) is 2. The first-order valence-electron chi connectivity index (χ1n) is 10.1. The summed E-state index contributed by atoms with van der Waals surface area (Å²) in [6.07, 6.45) is 7.94. The van der Waals surface area contributed by atoms with Gasteiger partial charge in [-0.1, -0.05) is 12.1 Å². The van der Waals surface area contributed by atoms with Gasteiger partial charge in [0.1, 0.15) is 11.6 Å². The van der Waals surface area contributed by atoms with Crippen LogP contribution in [0.1, 0.15) is 44.6 Å². The second-order valence-electron chi connectivity index (χ2n) is 7.33. The van der Waals surface area contributed by atoms with E-state index in [0.717, 1.165) is 31.1 Å². The maximum absolute atomic E-state index is 11.8. The standard InChI is InChI=1S/C22H29N3O2/c1-2-27-22(26)19(16-23)15-17-6-8-20(9-7-17)25-14-4-3-5-21(25)18-10-12-24-13-11-18/h6-9,15,18,21,24H,2-5,10-14H2,1H3/b19-15+. The molecular weight excluding hydrogens is 338 g/mol. The van der Waals surface area contributed by atoms with Crippen molar-refractivity contribution in [3.8, 4) is 6.07 Å². The molecule has 0 saturated carbocycles. The SMILES string of the molecule is CCOC(=O)/C(C#N)=C/c1ccc(N2CCCCC2C2CCNCC2)cc1. The van der Waals surface area contributed by atoms with Crippen LogP contribution >= 0.6 is 0 Å². The quantitative estimate of drug-likeness (QED) is 0.490. The van der Waals surface area contributed by atoms with Crippen molar-refractivity contribution in [2.24, 2.45) is 5.92 Å². The largest absolute Gasteiger partial charge is 0.462 e. The van der Waals surface area contributed by atoms with Crippen molar-refractivity contribution in [1.82, 2.24) is 5.32 Å². The van der Waals surface area contributed by atoms with Crippen LogP contribution in [0.5, 0.6) is 0 Å². The van der Waals surface area contributed by atoms with Crippen LogP contribution in [0.25, 0.3) is 6.08 Å². The molecule has 0 bridgehead atoms. The Bertz CT molecular complexity index is 699. The van der Waals surface area contributed by atoms with Gasteiger partial charge in [-0.05, 0) is 81.8 Å². The van der Waals surface area contributed by atoms with Gasteiger partial charge in [0.05, 0.1) is 6.61 Å². The lowest BCUT2D eigenvalue weighted by Gasteiger charge is -2.43. The third-order valence-corrected chi connectivity index (χ3v) is 5.63. The summed E-state index contributed by atoms with van der Waals surface area (Å²) in [5.41, 5.74) is 2.12. The highest BCUT2D eigenvalue weighted by Crippen LogP contribution is 2.32. The fraction of sp³-hybridized carbons (Fsp3) is 0.545. The highest BCUT2D eigenvalue weighted by atomic mass is 16.5. The smallest absolute Gasteiger partial charge is 0.348 e. The fourth-order valence-corrected chi connectivity index (χ4v) is 4.27. The van der Waals surface area contributed by atoms with Gasteiger partial charge in [-0.25, -0.2) is 4.79 Å². The Kier molecular flexibility index (Phi) is 6.89. The lowest BCUT2D eigenvalue weighted by Crippen LogP contribution is -2.47. The molecule has 1 aromatic carbocycles. The van der Waals surface area contributed by atoms with Crippen LogP contribution in [-0.4, -0.2) is 38.3 Å². The highest BCUT2D eigenvalue weighted by molar-refractivity contribution is 5.97. The second kappa shape index (κ2) is 9.57. The van der Waals surface area contributed by atoms with E-state index in [1.54, 1.807) is 13.0 Å². The number of esters is 1. The predicted molar refractivity (Wildman–Crippen MR) is 107 cm³/mol. The number of benzene rings is 1. The summed E-state index contributed by atoms with van der Waals surface area (Å²) in [6, 6.07) is 10.8. The molecular formula is C22H29N3O2. The van der Waals surface area contributed by atoms with E-state index in [2.05, 4.69) is 22.3 Å². The number of anilines is 1. The number of hydrogen-bond acceptors (Lipinski definition) is 5. The third-order valence-electron chi connectivity index (χ3n) is 5.63. The molecule has 2 heterocycles. The van der Waals surface area contributed by atoms with Crippen LogP contribution in [0.2, 0.25) is 0 Å². The van der Waals surface area contributed by atoms with Gasteiger partial charge in [0.15, 0.2) is 0 Å². The summed E-state index contributed by atoms with van der Waals surface area (Å²) < 4.78 is 4.92. The first kappa shape index (κ1) is 19.4. The zero-order chi connectivity index (χ0) is 19.1. The molecule has 144 valence electrons. The van der Waals surface area contributed by atoms with Crippen LogP contribution in [0.3, 0.4) is 0 Å². The Labute approximate surface area is 162 Å². The minimum absolute atomic E-state index is 0.0372. The second-order valence-corrected chi connectivity index (χ2v) is 7.33. The number of piperidine rings is 2. The Hall–Kier alpha value is -2.32. The molecule has 2 fully saturated rings. The maximum Gasteiger partial charge on any atom is 0.348 e. The van der Waals surface area contributed by atoms with Crippen molar-refractivity contribution in [1.29, 1.82) is 5.26 Å². The number of nitriles is 1. The highest BCUT2D eigenvalue weighted by Gasteiger charge is 2.30. The minimum Gasteiger partial charge on any atom is -0.462 e. The van der Waals surface area contributed by atoms with Crippen molar-refractivity contribution in [2.75, 3.05) is 31.1 Å². The van der Waals surface area contributed by atoms with Crippen LogP contribution in [0, 0.1) is 17.2 Å². The van der Waals surface area contributed by atoms with Gasteiger partial charge < -0.3 is 15.0 Å². The van der Waals surface area contributed by atoms with Crippen LogP contribution in [-0.2, 0) is 9.53 Å². The number of rotatable bonds is 5. The predicted octanol–water partition coefficient (Wildman–Crippen LogP) is 3.52. The number of carbonyl (C=O) groups is 1. The van der Waals surface area contributed by atoms with E-state index in [4.69, 9.17) is 4.74 Å². The molecule has 2 aliphatic rings. The summed E-state index contributed by atoms with van der Waals surface area (Å²) in [5.74, 6) is 0.200. The third kappa shape index (κ3) is 4.90. The first-order chi connectivity index (χ1) is 13.2. The van der Waals surface area contributed by atoms with E-state index in [-0.39, 0.29) is 12.2 Å². The number of carbonyl (C=O) groups excluding carboxylic acids is 1. The van der Waals surface area contributed by atoms with Gasteiger partial charge in [0.2, 0.25) is 0 Å². The van der Waals surface area contributed by atoms with Crippen molar-refractivity contribution in [3.63, 3.8) is 0 Å². The molecule has 0 radical (unpaired) electrons. The molecule has 3 rings (SSSR count).